The highest BCUT2D eigenvalue weighted by atomic mass is 79.9. The molecule has 2 aromatic heterocycles. The average Bonchev–Trinajstić information content (AvgIpc) is 2.68. The van der Waals surface area contributed by atoms with E-state index in [1.165, 1.54) is 10.9 Å². The van der Waals surface area contributed by atoms with Gasteiger partial charge in [0.1, 0.15) is 10.3 Å². The van der Waals surface area contributed by atoms with Gasteiger partial charge in [-0.25, -0.2) is 9.97 Å². The number of anilines is 2. The summed E-state index contributed by atoms with van der Waals surface area (Å²) >= 11 is 9.48. The van der Waals surface area contributed by atoms with Gasteiger partial charge in [-0.15, -0.1) is 0 Å². The van der Waals surface area contributed by atoms with Crippen molar-refractivity contribution < 1.29 is 4.79 Å². The first kappa shape index (κ1) is 16.7. The largest absolute Gasteiger partial charge is 0.381 e. The van der Waals surface area contributed by atoms with Crippen LogP contribution in [0.5, 0.6) is 0 Å². The molecule has 2 rings (SSSR count). The van der Waals surface area contributed by atoms with Crippen LogP contribution in [0.4, 0.5) is 11.6 Å². The summed E-state index contributed by atoms with van der Waals surface area (Å²) in [5.41, 5.74) is 6.35. The fraction of sp³-hybridized carbons (Fsp3) is 0.385. The van der Waals surface area contributed by atoms with E-state index in [-0.39, 0.29) is 22.7 Å². The molecule has 0 fully saturated rings. The highest BCUT2D eigenvalue weighted by Gasteiger charge is 2.28. The molecular formula is C13H16BrClN6O. The summed E-state index contributed by atoms with van der Waals surface area (Å²) in [5, 5.41) is 7.24. The van der Waals surface area contributed by atoms with E-state index in [0.717, 1.165) is 0 Å². The summed E-state index contributed by atoms with van der Waals surface area (Å²) in [6.45, 7) is 5.92. The molecule has 0 radical (unpaired) electrons. The molecule has 118 valence electrons. The molecule has 9 heteroatoms. The average molecular weight is 388 g/mol. The third-order valence-electron chi connectivity index (χ3n) is 2.92. The lowest BCUT2D eigenvalue weighted by Gasteiger charge is -2.15. The Morgan fingerprint density at radius 1 is 1.45 bits per heavy atom. The van der Waals surface area contributed by atoms with Gasteiger partial charge in [0.15, 0.2) is 11.6 Å². The third-order valence-corrected chi connectivity index (χ3v) is 3.66. The smallest absolute Gasteiger partial charge is 0.276 e. The quantitative estimate of drug-likeness (QED) is 0.825. The molecule has 2 aromatic rings. The van der Waals surface area contributed by atoms with Crippen molar-refractivity contribution >= 4 is 45.1 Å². The lowest BCUT2D eigenvalue weighted by atomic mass is 9.92. The molecular weight excluding hydrogens is 372 g/mol. The van der Waals surface area contributed by atoms with Crippen molar-refractivity contribution in [3.63, 3.8) is 0 Å². The number of aromatic nitrogens is 4. The van der Waals surface area contributed by atoms with E-state index >= 15 is 0 Å². The zero-order valence-corrected chi connectivity index (χ0v) is 14.9. The molecule has 0 aliphatic heterocycles. The van der Waals surface area contributed by atoms with Crippen LogP contribution in [0.1, 0.15) is 37.0 Å². The number of amides is 1. The Morgan fingerprint density at radius 3 is 2.59 bits per heavy atom. The molecule has 22 heavy (non-hydrogen) atoms. The van der Waals surface area contributed by atoms with Crippen molar-refractivity contribution in [2.45, 2.75) is 26.2 Å². The van der Waals surface area contributed by atoms with Gasteiger partial charge in [-0.3, -0.25) is 9.48 Å². The van der Waals surface area contributed by atoms with Crippen molar-refractivity contribution in [2.75, 3.05) is 11.1 Å². The van der Waals surface area contributed by atoms with Crippen molar-refractivity contribution in [3.05, 3.63) is 27.2 Å². The van der Waals surface area contributed by atoms with Crippen LogP contribution in [0.3, 0.4) is 0 Å². The number of hydrogen-bond donors (Lipinski definition) is 2. The van der Waals surface area contributed by atoms with Gasteiger partial charge in [0.05, 0.1) is 16.9 Å². The van der Waals surface area contributed by atoms with Gasteiger partial charge in [-0.1, -0.05) is 32.4 Å². The zero-order chi connectivity index (χ0) is 16.7. The van der Waals surface area contributed by atoms with Gasteiger partial charge < -0.3 is 11.1 Å². The first-order valence-corrected chi connectivity index (χ1v) is 7.60. The molecule has 0 aliphatic carbocycles. The molecule has 0 atom stereocenters. The zero-order valence-electron chi connectivity index (χ0n) is 12.6. The standard InChI is InChI=1S/C13H16BrClN6O/c1-13(2,3)9-7(15)8(21(4)20-9)12(22)19-11-10(16)18-6(14)5-17-11/h5H,1-4H3,(H2,16,18)(H,17,19,22). The van der Waals surface area contributed by atoms with Crippen LogP contribution < -0.4 is 11.1 Å². The predicted molar refractivity (Wildman–Crippen MR) is 89.0 cm³/mol. The molecule has 0 unspecified atom stereocenters. The van der Waals surface area contributed by atoms with Crippen molar-refractivity contribution in [1.82, 2.24) is 19.7 Å². The Balaban J connectivity index is 2.36. The molecule has 0 saturated carbocycles. The van der Waals surface area contributed by atoms with Crippen LogP contribution in [-0.2, 0) is 12.5 Å². The molecule has 1 amide bonds. The van der Waals surface area contributed by atoms with Gasteiger partial charge in [-0.05, 0) is 15.9 Å². The van der Waals surface area contributed by atoms with E-state index in [0.29, 0.717) is 15.3 Å². The summed E-state index contributed by atoms with van der Waals surface area (Å²) in [7, 11) is 1.66. The van der Waals surface area contributed by atoms with Crippen LogP contribution in [0.25, 0.3) is 0 Å². The fourth-order valence-electron chi connectivity index (χ4n) is 1.87. The summed E-state index contributed by atoms with van der Waals surface area (Å²) in [5.74, 6) is -0.168. The lowest BCUT2D eigenvalue weighted by molar-refractivity contribution is 0.101. The van der Waals surface area contributed by atoms with Crippen LogP contribution in [0.2, 0.25) is 5.02 Å². The number of halogens is 2. The van der Waals surface area contributed by atoms with E-state index in [4.69, 9.17) is 17.3 Å². The monoisotopic (exact) mass is 386 g/mol. The Bertz CT molecular complexity index is 737. The van der Waals surface area contributed by atoms with E-state index in [1.54, 1.807) is 7.05 Å². The summed E-state index contributed by atoms with van der Waals surface area (Å²) in [4.78, 5) is 20.4. The molecule has 0 spiro atoms. The highest BCUT2D eigenvalue weighted by Crippen LogP contribution is 2.31. The van der Waals surface area contributed by atoms with E-state index in [2.05, 4.69) is 36.3 Å². The normalized spacial score (nSPS) is 11.5. The van der Waals surface area contributed by atoms with Gasteiger partial charge in [0.25, 0.3) is 5.91 Å². The minimum atomic E-state index is -0.446. The maximum Gasteiger partial charge on any atom is 0.276 e. The van der Waals surface area contributed by atoms with Gasteiger partial charge in [0.2, 0.25) is 0 Å². The second kappa shape index (κ2) is 5.85. The lowest BCUT2D eigenvalue weighted by Crippen LogP contribution is -2.18. The number of aryl methyl sites for hydroxylation is 1. The number of nitrogens with two attached hydrogens (primary N) is 1. The fourth-order valence-corrected chi connectivity index (χ4v) is 2.69. The third kappa shape index (κ3) is 3.22. The number of nitrogen functional groups attached to an aromatic ring is 1. The Hall–Kier alpha value is -1.67. The number of rotatable bonds is 2. The molecule has 0 aliphatic rings. The van der Waals surface area contributed by atoms with Gasteiger partial charge in [-0.2, -0.15) is 5.10 Å². The van der Waals surface area contributed by atoms with E-state index in [1.807, 2.05) is 20.8 Å². The topological polar surface area (TPSA) is 98.7 Å². The Labute approximate surface area is 141 Å². The first-order valence-electron chi connectivity index (χ1n) is 6.43. The summed E-state index contributed by atoms with van der Waals surface area (Å²) in [6.07, 6.45) is 1.44. The minimum Gasteiger partial charge on any atom is -0.381 e. The van der Waals surface area contributed by atoms with Crippen LogP contribution >= 0.6 is 27.5 Å². The van der Waals surface area contributed by atoms with Crippen molar-refractivity contribution in [2.24, 2.45) is 7.05 Å². The molecule has 2 heterocycles. The maximum absolute atomic E-state index is 12.4. The SMILES string of the molecule is Cn1nc(C(C)(C)C)c(Cl)c1C(=O)Nc1ncc(Br)nc1N. The molecule has 0 saturated heterocycles. The van der Waals surface area contributed by atoms with E-state index < -0.39 is 5.91 Å². The molecule has 3 N–H and O–H groups in total. The second-order valence-corrected chi connectivity index (χ2v) is 6.96. The Kier molecular flexibility index (Phi) is 4.44. The van der Waals surface area contributed by atoms with Crippen LogP contribution in [0.15, 0.2) is 10.8 Å². The maximum atomic E-state index is 12.4. The second-order valence-electron chi connectivity index (χ2n) is 5.77. The number of hydrogen-bond acceptors (Lipinski definition) is 5. The van der Waals surface area contributed by atoms with Crippen LogP contribution in [-0.4, -0.2) is 25.7 Å². The van der Waals surface area contributed by atoms with E-state index in [9.17, 15) is 4.79 Å². The molecule has 0 aromatic carbocycles. The van der Waals surface area contributed by atoms with Crippen molar-refractivity contribution in [3.8, 4) is 0 Å². The summed E-state index contributed by atoms with van der Waals surface area (Å²) in [6, 6.07) is 0. The number of nitrogens with one attached hydrogen (secondary N) is 1. The Morgan fingerprint density at radius 2 is 2.09 bits per heavy atom. The molecule has 0 bridgehead atoms. The molecule has 7 nitrogen and oxygen atoms in total. The highest BCUT2D eigenvalue weighted by molar-refractivity contribution is 9.10. The van der Waals surface area contributed by atoms with Gasteiger partial charge >= 0.3 is 0 Å². The van der Waals surface area contributed by atoms with Gasteiger partial charge in [0, 0.05) is 12.5 Å². The van der Waals surface area contributed by atoms with Crippen molar-refractivity contribution in [1.29, 1.82) is 0 Å². The minimum absolute atomic E-state index is 0.108. The predicted octanol–water partition coefficient (Wildman–Crippen LogP) is 2.76. The number of carbonyl (C=O) groups excluding carboxylic acids is 1. The summed E-state index contributed by atoms with van der Waals surface area (Å²) < 4.78 is 1.93. The number of carbonyl (C=O) groups is 1. The number of nitrogens with zero attached hydrogens (tertiary/aromatic N) is 4. The van der Waals surface area contributed by atoms with Crippen LogP contribution in [0, 0.1) is 0 Å². The first-order chi connectivity index (χ1) is 10.1.